The molecule has 0 spiro atoms. The molecule has 0 bridgehead atoms. The highest BCUT2D eigenvalue weighted by molar-refractivity contribution is 5.12. The Hall–Kier alpha value is -0.630. The van der Waals surface area contributed by atoms with Gasteiger partial charge >= 0.3 is 0 Å². The van der Waals surface area contributed by atoms with Crippen LogP contribution in [-0.4, -0.2) is 37.1 Å². The number of hydrogen-bond acceptors (Lipinski definition) is 4. The van der Waals surface area contributed by atoms with Crippen molar-refractivity contribution in [1.82, 2.24) is 0 Å². The van der Waals surface area contributed by atoms with Gasteiger partial charge in [-0.25, -0.2) is 0 Å². The summed E-state index contributed by atoms with van der Waals surface area (Å²) in [5, 5.41) is 19.3. The molecule has 2 unspecified atom stereocenters. The molecule has 0 aliphatic carbocycles. The van der Waals surface area contributed by atoms with E-state index in [-0.39, 0.29) is 6.61 Å². The second kappa shape index (κ2) is 4.26. The molecular formula is C10H17NO3. The third kappa shape index (κ3) is 1.90. The van der Waals surface area contributed by atoms with Crippen molar-refractivity contribution < 1.29 is 14.6 Å². The summed E-state index contributed by atoms with van der Waals surface area (Å²) in [6, 6.07) is 2.17. The number of nitrogens with zero attached hydrogens (tertiary/aromatic N) is 1. The number of nitriles is 1. The lowest BCUT2D eigenvalue weighted by molar-refractivity contribution is -0.0973. The number of hydrogen-bond donors (Lipinski definition) is 1. The van der Waals surface area contributed by atoms with Crippen LogP contribution in [0, 0.1) is 16.7 Å². The summed E-state index contributed by atoms with van der Waals surface area (Å²) >= 11 is 0. The van der Waals surface area contributed by atoms with Crippen molar-refractivity contribution in [3.8, 4) is 6.07 Å². The fourth-order valence-corrected chi connectivity index (χ4v) is 1.64. The van der Waals surface area contributed by atoms with Crippen molar-refractivity contribution in [1.29, 1.82) is 5.26 Å². The lowest BCUT2D eigenvalue weighted by Gasteiger charge is -2.35. The molecule has 2 atom stereocenters. The van der Waals surface area contributed by atoms with Crippen LogP contribution >= 0.6 is 0 Å². The van der Waals surface area contributed by atoms with E-state index in [0.29, 0.717) is 26.2 Å². The van der Waals surface area contributed by atoms with Crippen molar-refractivity contribution in [3.05, 3.63) is 0 Å². The van der Waals surface area contributed by atoms with Crippen molar-refractivity contribution in [2.45, 2.75) is 25.9 Å². The summed E-state index contributed by atoms with van der Waals surface area (Å²) in [6.07, 6.45) is 0.573. The lowest BCUT2D eigenvalue weighted by atomic mass is 9.74. The predicted molar refractivity (Wildman–Crippen MR) is 50.6 cm³/mol. The van der Waals surface area contributed by atoms with Gasteiger partial charge in [-0.05, 0) is 20.3 Å². The minimum Gasteiger partial charge on any atom is -0.386 e. The first-order valence-electron chi connectivity index (χ1n) is 4.87. The van der Waals surface area contributed by atoms with Crippen LogP contribution in [0.25, 0.3) is 0 Å². The van der Waals surface area contributed by atoms with Gasteiger partial charge in [-0.15, -0.1) is 0 Å². The summed E-state index contributed by atoms with van der Waals surface area (Å²) in [5.74, 6) is 0. The zero-order chi connectivity index (χ0) is 10.7. The highest BCUT2D eigenvalue weighted by atomic mass is 16.5. The van der Waals surface area contributed by atoms with Crippen LogP contribution in [-0.2, 0) is 9.47 Å². The molecular weight excluding hydrogens is 182 g/mol. The summed E-state index contributed by atoms with van der Waals surface area (Å²) < 4.78 is 10.4. The normalized spacial score (nSPS) is 31.0. The molecule has 1 saturated heterocycles. The molecule has 1 N–H and O–H groups in total. The maximum atomic E-state index is 10.2. The summed E-state index contributed by atoms with van der Waals surface area (Å²) in [4.78, 5) is 0. The molecule has 1 heterocycles. The second-order valence-corrected chi connectivity index (χ2v) is 3.91. The van der Waals surface area contributed by atoms with E-state index in [1.165, 1.54) is 0 Å². The van der Waals surface area contributed by atoms with Crippen molar-refractivity contribution >= 4 is 0 Å². The first-order valence-corrected chi connectivity index (χ1v) is 4.87. The van der Waals surface area contributed by atoms with E-state index in [2.05, 4.69) is 6.07 Å². The van der Waals surface area contributed by atoms with Crippen LogP contribution in [0.4, 0.5) is 0 Å². The van der Waals surface area contributed by atoms with E-state index >= 15 is 0 Å². The first-order chi connectivity index (χ1) is 6.58. The molecule has 0 amide bonds. The molecule has 14 heavy (non-hydrogen) atoms. The zero-order valence-corrected chi connectivity index (χ0v) is 8.75. The largest absolute Gasteiger partial charge is 0.386 e. The van der Waals surface area contributed by atoms with Gasteiger partial charge in [0.2, 0.25) is 0 Å². The molecule has 4 nitrogen and oxygen atoms in total. The molecule has 1 aliphatic heterocycles. The second-order valence-electron chi connectivity index (χ2n) is 3.91. The monoisotopic (exact) mass is 199 g/mol. The Labute approximate surface area is 84.4 Å². The van der Waals surface area contributed by atoms with Crippen molar-refractivity contribution in [2.75, 3.05) is 26.4 Å². The Morgan fingerprint density at radius 3 is 2.86 bits per heavy atom. The zero-order valence-electron chi connectivity index (χ0n) is 8.75. The average Bonchev–Trinajstić information content (AvgIpc) is 2.64. The van der Waals surface area contributed by atoms with Gasteiger partial charge in [-0.2, -0.15) is 5.26 Å². The van der Waals surface area contributed by atoms with Crippen LogP contribution in [0.5, 0.6) is 0 Å². The van der Waals surface area contributed by atoms with Gasteiger partial charge in [0.25, 0.3) is 0 Å². The third-order valence-electron chi connectivity index (χ3n) is 2.85. The van der Waals surface area contributed by atoms with Gasteiger partial charge in [0.15, 0.2) is 0 Å². The van der Waals surface area contributed by atoms with Gasteiger partial charge < -0.3 is 14.6 Å². The number of rotatable bonds is 4. The Balaban J connectivity index is 2.72. The fourth-order valence-electron chi connectivity index (χ4n) is 1.64. The van der Waals surface area contributed by atoms with E-state index in [0.717, 1.165) is 0 Å². The first kappa shape index (κ1) is 11.4. The molecule has 0 aromatic rings. The molecule has 4 heteroatoms. The Morgan fingerprint density at radius 2 is 2.43 bits per heavy atom. The molecule has 1 aliphatic rings. The number of ether oxygens (including phenoxy) is 2. The van der Waals surface area contributed by atoms with E-state index in [1.807, 2.05) is 6.92 Å². The van der Waals surface area contributed by atoms with E-state index in [1.54, 1.807) is 6.92 Å². The minimum absolute atomic E-state index is 0.181. The Morgan fingerprint density at radius 1 is 1.71 bits per heavy atom. The average molecular weight is 199 g/mol. The number of aliphatic hydroxyl groups is 1. The highest BCUT2D eigenvalue weighted by Gasteiger charge is 2.50. The van der Waals surface area contributed by atoms with Crippen LogP contribution in [0.1, 0.15) is 20.3 Å². The van der Waals surface area contributed by atoms with Gasteiger partial charge in [-0.1, -0.05) is 0 Å². The molecule has 0 radical (unpaired) electrons. The molecule has 80 valence electrons. The lowest BCUT2D eigenvalue weighted by Crippen LogP contribution is -2.49. The molecule has 0 saturated carbocycles. The van der Waals surface area contributed by atoms with E-state index < -0.39 is 11.0 Å². The molecule has 1 rings (SSSR count). The smallest absolute Gasteiger partial charge is 0.113 e. The molecule has 0 aromatic heterocycles. The van der Waals surface area contributed by atoms with E-state index in [9.17, 15) is 5.11 Å². The molecule has 0 aromatic carbocycles. The van der Waals surface area contributed by atoms with Crippen LogP contribution in [0.15, 0.2) is 0 Å². The topological polar surface area (TPSA) is 62.5 Å². The fraction of sp³-hybridized carbons (Fsp3) is 0.900. The maximum absolute atomic E-state index is 10.2. The van der Waals surface area contributed by atoms with E-state index in [4.69, 9.17) is 14.7 Å². The third-order valence-corrected chi connectivity index (χ3v) is 2.85. The van der Waals surface area contributed by atoms with Crippen molar-refractivity contribution in [2.24, 2.45) is 5.41 Å². The SMILES string of the molecule is CCOCC(C)(O)C1(C#N)CCOC1. The van der Waals surface area contributed by atoms with Gasteiger partial charge in [0, 0.05) is 13.2 Å². The molecule has 1 fully saturated rings. The van der Waals surface area contributed by atoms with Crippen LogP contribution in [0.2, 0.25) is 0 Å². The maximum Gasteiger partial charge on any atom is 0.113 e. The van der Waals surface area contributed by atoms with Gasteiger partial charge in [0.05, 0.1) is 19.3 Å². The highest BCUT2D eigenvalue weighted by Crippen LogP contribution is 2.39. The van der Waals surface area contributed by atoms with Gasteiger partial charge in [-0.3, -0.25) is 0 Å². The standard InChI is InChI=1S/C10H17NO3/c1-3-13-7-9(2,12)10(6-11)4-5-14-8-10/h12H,3-5,7-8H2,1-2H3. The summed E-state index contributed by atoms with van der Waals surface area (Å²) in [5.41, 5.74) is -1.93. The minimum atomic E-state index is -1.13. The van der Waals surface area contributed by atoms with Crippen LogP contribution in [0.3, 0.4) is 0 Å². The Bertz CT molecular complexity index is 226. The van der Waals surface area contributed by atoms with Crippen molar-refractivity contribution in [3.63, 3.8) is 0 Å². The predicted octanol–water partition coefficient (Wildman–Crippen LogP) is 0.704. The van der Waals surface area contributed by atoms with Gasteiger partial charge in [0.1, 0.15) is 11.0 Å². The van der Waals surface area contributed by atoms with Crippen LogP contribution < -0.4 is 0 Å². The summed E-state index contributed by atoms with van der Waals surface area (Å²) in [7, 11) is 0. The Kier molecular flexibility index (Phi) is 3.48. The quantitative estimate of drug-likeness (QED) is 0.724. The summed E-state index contributed by atoms with van der Waals surface area (Å²) in [6.45, 7) is 5.05.